The topological polar surface area (TPSA) is 69.6 Å². The molecule has 5 heteroatoms. The van der Waals surface area contributed by atoms with Gasteiger partial charge in [0.25, 0.3) is 5.91 Å². The number of fused-ring (bicyclic) bond motifs is 1. The van der Waals surface area contributed by atoms with E-state index >= 15 is 0 Å². The Labute approximate surface area is 117 Å². The van der Waals surface area contributed by atoms with E-state index in [1.807, 2.05) is 18.2 Å². The summed E-state index contributed by atoms with van der Waals surface area (Å²) in [5.74, 6) is -0.908. The number of rotatable bonds is 2. The second kappa shape index (κ2) is 4.51. The SMILES string of the molecule is CC1(C(=O)O)CCN(C(=O)c2ccc3c(c2)NCC3)C1. The normalized spacial score (nSPS) is 24.4. The van der Waals surface area contributed by atoms with Crippen molar-refractivity contribution in [2.24, 2.45) is 5.41 Å². The molecule has 0 aliphatic carbocycles. The first kappa shape index (κ1) is 13.0. The molecule has 2 aliphatic heterocycles. The maximum atomic E-state index is 12.5. The smallest absolute Gasteiger partial charge is 0.311 e. The fourth-order valence-electron chi connectivity index (χ4n) is 2.92. The van der Waals surface area contributed by atoms with Crippen molar-refractivity contribution in [2.75, 3.05) is 25.0 Å². The molecule has 1 saturated heterocycles. The molecule has 20 heavy (non-hydrogen) atoms. The van der Waals surface area contributed by atoms with Crippen LogP contribution in [-0.2, 0) is 11.2 Å². The van der Waals surface area contributed by atoms with Crippen molar-refractivity contribution in [3.63, 3.8) is 0 Å². The molecule has 2 heterocycles. The van der Waals surface area contributed by atoms with E-state index in [-0.39, 0.29) is 12.5 Å². The lowest BCUT2D eigenvalue weighted by molar-refractivity contribution is -0.147. The van der Waals surface area contributed by atoms with Crippen molar-refractivity contribution in [1.82, 2.24) is 4.90 Å². The fraction of sp³-hybridized carbons (Fsp3) is 0.467. The molecule has 1 aromatic rings. The second-order valence-electron chi connectivity index (χ2n) is 5.89. The Morgan fingerprint density at radius 2 is 2.20 bits per heavy atom. The van der Waals surface area contributed by atoms with E-state index in [1.165, 1.54) is 5.56 Å². The fourth-order valence-corrected chi connectivity index (χ4v) is 2.92. The first-order valence-corrected chi connectivity index (χ1v) is 6.89. The molecule has 1 amide bonds. The number of nitrogens with one attached hydrogen (secondary N) is 1. The summed E-state index contributed by atoms with van der Waals surface area (Å²) in [6, 6.07) is 5.70. The van der Waals surface area contributed by atoms with Crippen molar-refractivity contribution in [1.29, 1.82) is 0 Å². The number of aliphatic carboxylic acids is 1. The zero-order chi connectivity index (χ0) is 14.3. The van der Waals surface area contributed by atoms with Gasteiger partial charge in [0.05, 0.1) is 5.41 Å². The lowest BCUT2D eigenvalue weighted by Gasteiger charge is -2.20. The molecule has 1 atom stereocenters. The zero-order valence-corrected chi connectivity index (χ0v) is 11.5. The summed E-state index contributed by atoms with van der Waals surface area (Å²) in [7, 11) is 0. The van der Waals surface area contributed by atoms with Gasteiger partial charge in [-0.2, -0.15) is 0 Å². The average molecular weight is 274 g/mol. The summed E-state index contributed by atoms with van der Waals surface area (Å²) in [5.41, 5.74) is 2.08. The molecule has 1 fully saturated rings. The van der Waals surface area contributed by atoms with E-state index in [9.17, 15) is 14.7 Å². The maximum absolute atomic E-state index is 12.5. The van der Waals surface area contributed by atoms with Gasteiger partial charge in [0, 0.05) is 30.9 Å². The summed E-state index contributed by atoms with van der Waals surface area (Å²) in [6.45, 7) is 3.40. The first-order valence-electron chi connectivity index (χ1n) is 6.89. The number of hydrogen-bond acceptors (Lipinski definition) is 3. The minimum atomic E-state index is -0.830. The number of carboxylic acids is 1. The summed E-state index contributed by atoms with van der Waals surface area (Å²) >= 11 is 0. The largest absolute Gasteiger partial charge is 0.481 e. The monoisotopic (exact) mass is 274 g/mol. The van der Waals surface area contributed by atoms with Crippen LogP contribution in [0.1, 0.15) is 29.3 Å². The van der Waals surface area contributed by atoms with Crippen LogP contribution >= 0.6 is 0 Å². The Hall–Kier alpha value is -2.04. The molecular weight excluding hydrogens is 256 g/mol. The summed E-state index contributed by atoms with van der Waals surface area (Å²) in [6.07, 6.45) is 1.50. The Bertz CT molecular complexity index is 584. The van der Waals surface area contributed by atoms with Crippen LogP contribution in [-0.4, -0.2) is 41.5 Å². The number of anilines is 1. The molecule has 5 nitrogen and oxygen atoms in total. The quantitative estimate of drug-likeness (QED) is 0.859. The number of amides is 1. The maximum Gasteiger partial charge on any atom is 0.311 e. The van der Waals surface area contributed by atoms with Gasteiger partial charge in [0.2, 0.25) is 0 Å². The molecule has 1 aromatic carbocycles. The second-order valence-corrected chi connectivity index (χ2v) is 5.89. The zero-order valence-electron chi connectivity index (χ0n) is 11.5. The van der Waals surface area contributed by atoms with Crippen LogP contribution in [0.15, 0.2) is 18.2 Å². The third-order valence-corrected chi connectivity index (χ3v) is 4.34. The van der Waals surface area contributed by atoms with E-state index in [1.54, 1.807) is 11.8 Å². The Balaban J connectivity index is 1.79. The van der Waals surface area contributed by atoms with Gasteiger partial charge in [0.15, 0.2) is 0 Å². The van der Waals surface area contributed by atoms with E-state index < -0.39 is 11.4 Å². The first-order chi connectivity index (χ1) is 9.49. The van der Waals surface area contributed by atoms with Crippen LogP contribution in [0.25, 0.3) is 0 Å². The molecule has 2 N–H and O–H groups in total. The Morgan fingerprint density at radius 1 is 1.40 bits per heavy atom. The van der Waals surface area contributed by atoms with Gasteiger partial charge >= 0.3 is 5.97 Å². The third kappa shape index (κ3) is 2.03. The summed E-state index contributed by atoms with van der Waals surface area (Å²) in [5, 5.41) is 12.5. The highest BCUT2D eigenvalue weighted by molar-refractivity contribution is 5.96. The van der Waals surface area contributed by atoms with Crippen molar-refractivity contribution in [3.8, 4) is 0 Å². The predicted molar refractivity (Wildman–Crippen MR) is 74.9 cm³/mol. The highest BCUT2D eigenvalue weighted by atomic mass is 16.4. The Morgan fingerprint density at radius 3 is 2.90 bits per heavy atom. The van der Waals surface area contributed by atoms with E-state index in [4.69, 9.17) is 0 Å². The van der Waals surface area contributed by atoms with Crippen LogP contribution in [0.3, 0.4) is 0 Å². The minimum Gasteiger partial charge on any atom is -0.481 e. The molecule has 1 unspecified atom stereocenters. The van der Waals surface area contributed by atoms with Gasteiger partial charge in [0.1, 0.15) is 0 Å². The van der Waals surface area contributed by atoms with Crippen molar-refractivity contribution < 1.29 is 14.7 Å². The van der Waals surface area contributed by atoms with Gasteiger partial charge in [-0.15, -0.1) is 0 Å². The standard InChI is InChI=1S/C15H18N2O3/c1-15(14(19)20)5-7-17(9-15)13(18)11-3-2-10-4-6-16-12(10)8-11/h2-3,8,16H,4-7,9H2,1H3,(H,19,20). The third-order valence-electron chi connectivity index (χ3n) is 4.34. The highest BCUT2D eigenvalue weighted by Crippen LogP contribution is 2.32. The van der Waals surface area contributed by atoms with Crippen molar-refractivity contribution in [3.05, 3.63) is 29.3 Å². The lowest BCUT2D eigenvalue weighted by Crippen LogP contribution is -2.34. The summed E-state index contributed by atoms with van der Waals surface area (Å²) in [4.78, 5) is 25.3. The molecule has 0 aromatic heterocycles. The molecule has 3 rings (SSSR count). The molecule has 0 bridgehead atoms. The molecule has 0 radical (unpaired) electrons. The number of nitrogens with zero attached hydrogens (tertiary/aromatic N) is 1. The minimum absolute atomic E-state index is 0.0773. The molecule has 0 saturated carbocycles. The number of likely N-dealkylation sites (tertiary alicyclic amines) is 1. The number of carbonyl (C=O) groups excluding carboxylic acids is 1. The average Bonchev–Trinajstić information content (AvgIpc) is 3.04. The number of carboxylic acid groups (broad SMARTS) is 1. The van der Waals surface area contributed by atoms with Crippen LogP contribution in [0.4, 0.5) is 5.69 Å². The van der Waals surface area contributed by atoms with Gasteiger partial charge in [-0.25, -0.2) is 0 Å². The van der Waals surface area contributed by atoms with E-state index in [2.05, 4.69) is 5.32 Å². The van der Waals surface area contributed by atoms with Crippen LogP contribution in [0.5, 0.6) is 0 Å². The predicted octanol–water partition coefficient (Wildman–Crippen LogP) is 1.59. The van der Waals surface area contributed by atoms with Gasteiger partial charge in [-0.05, 0) is 37.5 Å². The van der Waals surface area contributed by atoms with Crippen LogP contribution < -0.4 is 5.32 Å². The van der Waals surface area contributed by atoms with Crippen LogP contribution in [0, 0.1) is 5.41 Å². The Kier molecular flexibility index (Phi) is 2.92. The van der Waals surface area contributed by atoms with Gasteiger partial charge in [-0.3, -0.25) is 9.59 Å². The summed E-state index contributed by atoms with van der Waals surface area (Å²) < 4.78 is 0. The number of benzene rings is 1. The van der Waals surface area contributed by atoms with Gasteiger partial charge < -0.3 is 15.3 Å². The van der Waals surface area contributed by atoms with Gasteiger partial charge in [-0.1, -0.05) is 6.07 Å². The number of carbonyl (C=O) groups is 2. The van der Waals surface area contributed by atoms with Crippen molar-refractivity contribution in [2.45, 2.75) is 19.8 Å². The molecule has 106 valence electrons. The highest BCUT2D eigenvalue weighted by Gasteiger charge is 2.42. The molecule has 0 spiro atoms. The van der Waals surface area contributed by atoms with E-state index in [0.29, 0.717) is 18.5 Å². The molecular formula is C15H18N2O3. The van der Waals surface area contributed by atoms with Crippen LogP contribution in [0.2, 0.25) is 0 Å². The van der Waals surface area contributed by atoms with Crippen molar-refractivity contribution >= 4 is 17.6 Å². The number of hydrogen-bond donors (Lipinski definition) is 2. The lowest BCUT2D eigenvalue weighted by atomic mass is 9.90. The van der Waals surface area contributed by atoms with E-state index in [0.717, 1.165) is 18.7 Å². The molecule has 2 aliphatic rings.